The minimum absolute atomic E-state index is 0.239. The molecule has 1 heterocycles. The van der Waals surface area contributed by atoms with Crippen LogP contribution >= 0.6 is 22.9 Å². The Bertz CT molecular complexity index is 1560. The van der Waals surface area contributed by atoms with Gasteiger partial charge in [0, 0.05) is 38.6 Å². The van der Waals surface area contributed by atoms with Gasteiger partial charge in [0.05, 0.1) is 18.1 Å². The number of amides is 1. The predicted octanol–water partition coefficient (Wildman–Crippen LogP) is 8.74. The minimum atomic E-state index is -0.838. The Morgan fingerprint density at radius 2 is 1.67 bits per heavy atom. The molecule has 0 radical (unpaired) electrons. The molecule has 0 saturated heterocycles. The molecule has 0 aliphatic carbocycles. The monoisotopic (exact) mass is 646 g/mol. The third kappa shape index (κ3) is 10.7. The van der Waals surface area contributed by atoms with Crippen molar-refractivity contribution in [3.8, 4) is 0 Å². The van der Waals surface area contributed by atoms with E-state index in [2.05, 4.69) is 46.5 Å². The molecule has 45 heavy (non-hydrogen) atoms. The van der Waals surface area contributed by atoms with E-state index in [0.717, 1.165) is 28.8 Å². The zero-order valence-corrected chi connectivity index (χ0v) is 27.2. The molecule has 4 rings (SSSR count). The number of benzene rings is 3. The number of thiophene rings is 1. The molecular formula is C36H39ClN2O5S. The van der Waals surface area contributed by atoms with Gasteiger partial charge in [0.25, 0.3) is 0 Å². The van der Waals surface area contributed by atoms with Gasteiger partial charge < -0.3 is 9.84 Å². The Balaban J connectivity index is 1.49. The number of hydrogen-bond donors (Lipinski definition) is 1. The second kappa shape index (κ2) is 16.6. The number of ether oxygens (including phenoxy) is 1. The quantitative estimate of drug-likeness (QED) is 0.115. The average Bonchev–Trinajstić information content (AvgIpc) is 3.50. The molecule has 1 aromatic heterocycles. The summed E-state index contributed by atoms with van der Waals surface area (Å²) in [7, 11) is 0. The van der Waals surface area contributed by atoms with Crippen molar-refractivity contribution < 1.29 is 19.4 Å². The molecular weight excluding hydrogens is 608 g/mol. The first-order chi connectivity index (χ1) is 21.6. The Morgan fingerprint density at radius 1 is 0.933 bits per heavy atom. The topological polar surface area (TPSA) is 96.3 Å². The number of carboxylic acids is 1. The van der Waals surface area contributed by atoms with E-state index in [9.17, 15) is 19.6 Å². The summed E-state index contributed by atoms with van der Waals surface area (Å²) in [5.74, 6) is -1.63. The number of carbonyl (C=O) groups is 2. The summed E-state index contributed by atoms with van der Waals surface area (Å²) in [6, 6.07) is 29.3. The van der Waals surface area contributed by atoms with Crippen molar-refractivity contribution in [1.82, 2.24) is 4.90 Å². The first kappa shape index (κ1) is 34.2. The lowest BCUT2D eigenvalue weighted by Crippen LogP contribution is -2.32. The third-order valence-corrected chi connectivity index (χ3v) is 9.19. The highest BCUT2D eigenvalue weighted by Gasteiger charge is 2.27. The summed E-state index contributed by atoms with van der Waals surface area (Å²) < 4.78 is 6.59. The Morgan fingerprint density at radius 3 is 2.36 bits per heavy atom. The van der Waals surface area contributed by atoms with E-state index in [0.29, 0.717) is 44.1 Å². The normalized spacial score (nSPS) is 12.3. The lowest BCUT2D eigenvalue weighted by Gasteiger charge is -2.29. The van der Waals surface area contributed by atoms with Crippen LogP contribution in [0, 0.1) is 10.3 Å². The van der Waals surface area contributed by atoms with Gasteiger partial charge in [0.2, 0.25) is 0 Å². The maximum atomic E-state index is 11.7. The van der Waals surface area contributed by atoms with Crippen LogP contribution < -0.4 is 0 Å². The van der Waals surface area contributed by atoms with Crippen molar-refractivity contribution in [3.63, 3.8) is 0 Å². The number of nitrogens with zero attached hydrogens (tertiary/aromatic N) is 2. The Kier molecular flexibility index (Phi) is 12.6. The summed E-state index contributed by atoms with van der Waals surface area (Å²) in [6.07, 6.45) is 2.84. The number of aliphatic carboxylic acids is 1. The zero-order valence-electron chi connectivity index (χ0n) is 25.7. The van der Waals surface area contributed by atoms with E-state index in [1.165, 1.54) is 10.4 Å². The average molecular weight is 647 g/mol. The fraction of sp³-hybridized carbons (Fsp3) is 0.333. The van der Waals surface area contributed by atoms with Gasteiger partial charge in [-0.1, -0.05) is 66.2 Å². The predicted molar refractivity (Wildman–Crippen MR) is 180 cm³/mol. The van der Waals surface area contributed by atoms with Gasteiger partial charge in [0.15, 0.2) is 0 Å². The fourth-order valence-corrected chi connectivity index (χ4v) is 6.21. The first-order valence-corrected chi connectivity index (χ1v) is 16.2. The molecule has 9 heteroatoms. The van der Waals surface area contributed by atoms with Crippen molar-refractivity contribution >= 4 is 34.8 Å². The molecule has 4 aromatic rings. The van der Waals surface area contributed by atoms with Gasteiger partial charge in [-0.2, -0.15) is 0 Å². The van der Waals surface area contributed by atoms with Crippen LogP contribution in [0.25, 0.3) is 0 Å². The minimum Gasteiger partial charge on any atom is -0.481 e. The number of halogens is 1. The lowest BCUT2D eigenvalue weighted by atomic mass is 9.88. The Hall–Kier alpha value is -3.69. The van der Waals surface area contributed by atoms with E-state index in [1.807, 2.05) is 42.5 Å². The van der Waals surface area contributed by atoms with Gasteiger partial charge >= 0.3 is 11.9 Å². The molecule has 7 nitrogen and oxygen atoms in total. The molecule has 1 unspecified atom stereocenters. The number of carbonyl (C=O) groups excluding carboxylic acids is 1. The highest BCUT2D eigenvalue weighted by atomic mass is 35.5. The van der Waals surface area contributed by atoms with Crippen LogP contribution in [0.2, 0.25) is 5.02 Å². The van der Waals surface area contributed by atoms with Crippen LogP contribution in [0.15, 0.2) is 96.2 Å². The van der Waals surface area contributed by atoms with Gasteiger partial charge in [-0.15, -0.1) is 16.2 Å². The number of carboxylic acid groups (broad SMARTS) is 1. The van der Waals surface area contributed by atoms with Gasteiger partial charge in [-0.25, -0.2) is 0 Å². The lowest BCUT2D eigenvalue weighted by molar-refractivity contribution is -0.147. The Labute approximate surface area is 273 Å². The van der Waals surface area contributed by atoms with Crippen LogP contribution in [0.1, 0.15) is 69.6 Å². The van der Waals surface area contributed by atoms with Crippen molar-refractivity contribution in [2.24, 2.45) is 10.6 Å². The van der Waals surface area contributed by atoms with Crippen molar-refractivity contribution in [2.75, 3.05) is 13.1 Å². The molecule has 0 aliphatic heterocycles. The fourth-order valence-electron chi connectivity index (χ4n) is 5.07. The summed E-state index contributed by atoms with van der Waals surface area (Å²) in [5, 5.41) is 12.8. The van der Waals surface area contributed by atoms with E-state index in [4.69, 9.17) is 16.3 Å². The molecule has 0 fully saturated rings. The van der Waals surface area contributed by atoms with Crippen molar-refractivity contribution in [1.29, 1.82) is 0 Å². The maximum Gasteiger partial charge on any atom is 0.316 e. The van der Waals surface area contributed by atoms with Crippen LogP contribution in [-0.2, 0) is 35.5 Å². The molecule has 0 spiro atoms. The molecule has 1 atom stereocenters. The molecule has 1 N–H and O–H groups in total. The highest BCUT2D eigenvalue weighted by molar-refractivity contribution is 7.11. The smallest absolute Gasteiger partial charge is 0.316 e. The first-order valence-electron chi connectivity index (χ1n) is 15.0. The number of hydrogen-bond acceptors (Lipinski definition) is 6. The number of aryl methyl sites for hydroxylation is 2. The van der Waals surface area contributed by atoms with Crippen molar-refractivity contribution in [3.05, 3.63) is 133 Å². The number of rotatable bonds is 17. The number of nitroso groups, excluding NO2 is 1. The second-order valence-corrected chi connectivity index (χ2v) is 13.5. The molecule has 3 aromatic carbocycles. The molecule has 0 aliphatic rings. The van der Waals surface area contributed by atoms with Crippen LogP contribution in [0.3, 0.4) is 0 Å². The molecule has 0 bridgehead atoms. The molecule has 236 valence electrons. The van der Waals surface area contributed by atoms with Crippen LogP contribution in [-0.4, -0.2) is 35.0 Å². The maximum absolute atomic E-state index is 11.7. The standard InChI is InChI=1S/C36H39ClN2O5S/c1-36(2,35(41)42)20-7-21-39(23-27-12-15-28(16-13-27)34(40)38-43)24-33(29-10-6-11-30(37)22-29)44-25-32-19-18-31(45-32)17-14-26-8-4-3-5-9-26/h3-6,8-13,15-16,18-19,22,33H,7,14,17,20-21,23-25H2,1-2H3,(H,41,42). The SMILES string of the molecule is CC(C)(CCCN(Cc1ccc(C(=O)N=O)cc1)CC(OCc1ccc(CCc2ccccc2)s1)c1cccc(Cl)c1)C(=O)O. The summed E-state index contributed by atoms with van der Waals surface area (Å²) in [4.78, 5) is 38.8. The van der Waals surface area contributed by atoms with Gasteiger partial charge in [-0.05, 0) is 99.2 Å². The van der Waals surface area contributed by atoms with E-state index < -0.39 is 17.3 Å². The molecule has 0 saturated carbocycles. The third-order valence-electron chi connectivity index (χ3n) is 7.84. The highest BCUT2D eigenvalue weighted by Crippen LogP contribution is 2.28. The molecule has 1 amide bonds. The van der Waals surface area contributed by atoms with E-state index >= 15 is 0 Å². The zero-order chi connectivity index (χ0) is 32.2. The largest absolute Gasteiger partial charge is 0.481 e. The second-order valence-electron chi connectivity index (χ2n) is 11.8. The van der Waals surface area contributed by atoms with Crippen LogP contribution in [0.4, 0.5) is 0 Å². The van der Waals surface area contributed by atoms with Crippen LogP contribution in [0.5, 0.6) is 0 Å². The van der Waals surface area contributed by atoms with Gasteiger partial charge in [0.1, 0.15) is 0 Å². The summed E-state index contributed by atoms with van der Waals surface area (Å²) >= 11 is 8.16. The summed E-state index contributed by atoms with van der Waals surface area (Å²) in [6.45, 7) is 5.64. The van der Waals surface area contributed by atoms with Gasteiger partial charge in [-0.3, -0.25) is 14.5 Å². The van der Waals surface area contributed by atoms with E-state index in [-0.39, 0.29) is 11.7 Å². The summed E-state index contributed by atoms with van der Waals surface area (Å²) in [5.41, 5.74) is 2.62. The van der Waals surface area contributed by atoms with E-state index in [1.54, 1.807) is 37.3 Å². The van der Waals surface area contributed by atoms with Crippen molar-refractivity contribution in [2.45, 2.75) is 58.8 Å².